The monoisotopic (exact) mass is 253 g/mol. The lowest BCUT2D eigenvalue weighted by molar-refractivity contribution is 0.217. The van der Waals surface area contributed by atoms with Gasteiger partial charge in [-0.25, -0.2) is 0 Å². The highest BCUT2D eigenvalue weighted by molar-refractivity contribution is 6.18. The minimum atomic E-state index is 0.251. The van der Waals surface area contributed by atoms with Crippen molar-refractivity contribution in [1.82, 2.24) is 0 Å². The topological polar surface area (TPSA) is 21.3 Å². The van der Waals surface area contributed by atoms with Crippen LogP contribution >= 0.6 is 11.6 Å². The summed E-state index contributed by atoms with van der Waals surface area (Å²) in [6.07, 6.45) is 5.20. The molecule has 0 saturated carbocycles. The molecule has 94 valence electrons. The van der Waals surface area contributed by atoms with Crippen LogP contribution in [0.5, 0.6) is 5.75 Å². The Kier molecular flexibility index (Phi) is 6.56. The number of alkyl halides is 1. The van der Waals surface area contributed by atoms with E-state index in [1.54, 1.807) is 0 Å². The molecule has 1 rings (SSSR count). The van der Waals surface area contributed by atoms with E-state index in [-0.39, 0.29) is 6.10 Å². The third-order valence-corrected chi connectivity index (χ3v) is 2.60. The van der Waals surface area contributed by atoms with Gasteiger partial charge >= 0.3 is 0 Å². The summed E-state index contributed by atoms with van der Waals surface area (Å²) in [5.74, 6) is 1.46. The third kappa shape index (κ3) is 5.64. The van der Waals surface area contributed by atoms with Crippen molar-refractivity contribution >= 4 is 17.3 Å². The number of rotatable bonds is 7. The fraction of sp³-hybridized carbons (Fsp3) is 0.429. The van der Waals surface area contributed by atoms with Crippen LogP contribution in [0.4, 0.5) is 5.69 Å². The van der Waals surface area contributed by atoms with E-state index in [0.29, 0.717) is 5.88 Å². The molecule has 0 aliphatic rings. The molecule has 1 atom stereocenters. The van der Waals surface area contributed by atoms with Crippen molar-refractivity contribution in [2.75, 3.05) is 17.7 Å². The predicted octanol–water partition coefficient (Wildman–Crippen LogP) is 4.07. The highest BCUT2D eigenvalue weighted by Gasteiger charge is 2.01. The molecule has 1 unspecified atom stereocenters. The van der Waals surface area contributed by atoms with Gasteiger partial charge in [0.15, 0.2) is 0 Å². The normalized spacial score (nSPS) is 12.6. The summed E-state index contributed by atoms with van der Waals surface area (Å²) in [5, 5.41) is 3.29. The molecule has 1 aromatic carbocycles. The first-order valence-electron chi connectivity index (χ1n) is 5.97. The molecule has 0 heterocycles. The number of hydrogen-bond donors (Lipinski definition) is 1. The van der Waals surface area contributed by atoms with Crippen LogP contribution in [0.1, 0.15) is 20.3 Å². The second-order valence-corrected chi connectivity index (χ2v) is 4.18. The van der Waals surface area contributed by atoms with Gasteiger partial charge in [-0.3, -0.25) is 0 Å². The van der Waals surface area contributed by atoms with Gasteiger partial charge in [0.2, 0.25) is 0 Å². The SMILES string of the molecule is CCC(C)Oc1cccc(NC/C=C/CCl)c1. The number of hydrogen-bond acceptors (Lipinski definition) is 2. The van der Waals surface area contributed by atoms with Gasteiger partial charge in [-0.2, -0.15) is 0 Å². The number of anilines is 1. The Morgan fingerprint density at radius 2 is 2.24 bits per heavy atom. The van der Waals surface area contributed by atoms with Gasteiger partial charge in [0.05, 0.1) is 6.10 Å². The Bertz CT molecular complexity index is 352. The van der Waals surface area contributed by atoms with E-state index >= 15 is 0 Å². The molecule has 0 saturated heterocycles. The van der Waals surface area contributed by atoms with E-state index in [1.165, 1.54) is 0 Å². The molecule has 17 heavy (non-hydrogen) atoms. The zero-order valence-electron chi connectivity index (χ0n) is 10.4. The highest BCUT2D eigenvalue weighted by Crippen LogP contribution is 2.18. The van der Waals surface area contributed by atoms with Crippen molar-refractivity contribution in [2.45, 2.75) is 26.4 Å². The van der Waals surface area contributed by atoms with Crippen LogP contribution in [0.3, 0.4) is 0 Å². The lowest BCUT2D eigenvalue weighted by Gasteiger charge is -2.13. The molecule has 0 radical (unpaired) electrons. The molecule has 0 aromatic heterocycles. The fourth-order valence-electron chi connectivity index (χ4n) is 1.32. The zero-order chi connectivity index (χ0) is 12.5. The molecule has 1 N–H and O–H groups in total. The lowest BCUT2D eigenvalue weighted by Crippen LogP contribution is -2.09. The van der Waals surface area contributed by atoms with Crippen LogP contribution in [0.2, 0.25) is 0 Å². The molecule has 3 heteroatoms. The van der Waals surface area contributed by atoms with Gasteiger partial charge in [0.1, 0.15) is 5.75 Å². The van der Waals surface area contributed by atoms with Gasteiger partial charge in [-0.15, -0.1) is 11.6 Å². The average molecular weight is 254 g/mol. The van der Waals surface area contributed by atoms with Crippen molar-refractivity contribution in [3.8, 4) is 5.75 Å². The van der Waals surface area contributed by atoms with Gasteiger partial charge in [0.25, 0.3) is 0 Å². The summed E-state index contributed by atoms with van der Waals surface area (Å²) >= 11 is 5.55. The summed E-state index contributed by atoms with van der Waals surface area (Å²) in [5.41, 5.74) is 1.06. The van der Waals surface area contributed by atoms with E-state index in [1.807, 2.05) is 36.4 Å². The lowest BCUT2D eigenvalue weighted by atomic mass is 10.2. The van der Waals surface area contributed by atoms with Crippen LogP contribution < -0.4 is 10.1 Å². The van der Waals surface area contributed by atoms with Crippen LogP contribution in [0.25, 0.3) is 0 Å². The summed E-state index contributed by atoms with van der Waals surface area (Å²) < 4.78 is 5.75. The molecule has 0 bridgehead atoms. The Balaban J connectivity index is 2.50. The maximum absolute atomic E-state index is 5.75. The minimum Gasteiger partial charge on any atom is -0.491 e. The molecule has 1 aromatic rings. The van der Waals surface area contributed by atoms with Crippen LogP contribution in [0.15, 0.2) is 36.4 Å². The summed E-state index contributed by atoms with van der Waals surface area (Å²) in [6.45, 7) is 4.96. The first-order chi connectivity index (χ1) is 8.26. The van der Waals surface area contributed by atoms with E-state index in [0.717, 1.165) is 24.4 Å². The second-order valence-electron chi connectivity index (χ2n) is 3.87. The van der Waals surface area contributed by atoms with Gasteiger partial charge in [-0.1, -0.05) is 25.1 Å². The van der Waals surface area contributed by atoms with E-state index in [4.69, 9.17) is 16.3 Å². The number of allylic oxidation sites excluding steroid dienone is 1. The molecule has 2 nitrogen and oxygen atoms in total. The molecule has 0 aliphatic carbocycles. The first-order valence-corrected chi connectivity index (χ1v) is 6.51. The largest absolute Gasteiger partial charge is 0.491 e. The van der Waals surface area contributed by atoms with Gasteiger partial charge < -0.3 is 10.1 Å². The Morgan fingerprint density at radius 1 is 1.41 bits per heavy atom. The molecule has 0 aliphatic heterocycles. The minimum absolute atomic E-state index is 0.251. The maximum atomic E-state index is 5.75. The Hall–Kier alpha value is -1.15. The molecule has 0 spiro atoms. The second kappa shape index (κ2) is 8.02. The smallest absolute Gasteiger partial charge is 0.121 e. The van der Waals surface area contributed by atoms with Crippen molar-refractivity contribution in [3.63, 3.8) is 0 Å². The summed E-state index contributed by atoms with van der Waals surface area (Å²) in [4.78, 5) is 0. The number of benzene rings is 1. The van der Waals surface area contributed by atoms with Crippen LogP contribution in [0, 0.1) is 0 Å². The van der Waals surface area contributed by atoms with Crippen LogP contribution in [-0.2, 0) is 0 Å². The predicted molar refractivity (Wildman–Crippen MR) is 75.2 cm³/mol. The van der Waals surface area contributed by atoms with E-state index in [9.17, 15) is 0 Å². The van der Waals surface area contributed by atoms with E-state index in [2.05, 4.69) is 19.2 Å². The standard InChI is InChI=1S/C14H20ClNO/c1-3-12(2)17-14-8-6-7-13(11-14)16-10-5-4-9-15/h4-8,11-12,16H,3,9-10H2,1-2H3/b5-4+. The summed E-state index contributed by atoms with van der Waals surface area (Å²) in [6, 6.07) is 8.01. The van der Waals surface area contributed by atoms with Crippen molar-refractivity contribution < 1.29 is 4.74 Å². The zero-order valence-corrected chi connectivity index (χ0v) is 11.2. The Labute approximate surface area is 109 Å². The van der Waals surface area contributed by atoms with Crippen molar-refractivity contribution in [2.24, 2.45) is 0 Å². The molecular weight excluding hydrogens is 234 g/mol. The molecule has 0 amide bonds. The summed E-state index contributed by atoms with van der Waals surface area (Å²) in [7, 11) is 0. The average Bonchev–Trinajstić information content (AvgIpc) is 2.35. The number of nitrogens with one attached hydrogen (secondary N) is 1. The molecule has 0 fully saturated rings. The van der Waals surface area contributed by atoms with Crippen molar-refractivity contribution in [1.29, 1.82) is 0 Å². The molecular formula is C14H20ClNO. The first kappa shape index (κ1) is 13.9. The highest BCUT2D eigenvalue weighted by atomic mass is 35.5. The fourth-order valence-corrected chi connectivity index (χ4v) is 1.44. The maximum Gasteiger partial charge on any atom is 0.121 e. The van der Waals surface area contributed by atoms with Gasteiger partial charge in [-0.05, 0) is 25.5 Å². The van der Waals surface area contributed by atoms with Crippen molar-refractivity contribution in [3.05, 3.63) is 36.4 Å². The van der Waals surface area contributed by atoms with Gasteiger partial charge in [0, 0.05) is 24.2 Å². The van der Waals surface area contributed by atoms with E-state index < -0.39 is 0 Å². The number of ether oxygens (including phenoxy) is 1. The Morgan fingerprint density at radius 3 is 2.94 bits per heavy atom. The third-order valence-electron chi connectivity index (χ3n) is 2.43. The van der Waals surface area contributed by atoms with Crippen LogP contribution in [-0.4, -0.2) is 18.5 Å². The number of halogens is 1. The quantitative estimate of drug-likeness (QED) is 0.584.